The van der Waals surface area contributed by atoms with Crippen LogP contribution in [0.2, 0.25) is 0 Å². The third-order valence-corrected chi connectivity index (χ3v) is 5.21. The van der Waals surface area contributed by atoms with Gasteiger partial charge in [-0.15, -0.1) is 0 Å². The van der Waals surface area contributed by atoms with E-state index in [1.54, 1.807) is 0 Å². The highest BCUT2D eigenvalue weighted by molar-refractivity contribution is 5.69. The molecule has 1 atom stereocenters. The molecule has 156 valence electrons. The molecule has 0 fully saturated rings. The Bertz CT molecular complexity index is 299. The van der Waals surface area contributed by atoms with Crippen LogP contribution in [0.5, 0.6) is 0 Å². The molecule has 0 rings (SSSR count). The van der Waals surface area contributed by atoms with Gasteiger partial charge in [-0.25, -0.2) is 0 Å². The summed E-state index contributed by atoms with van der Waals surface area (Å²) in [5, 5.41) is 0. The lowest BCUT2D eigenvalue weighted by Crippen LogP contribution is -2.14. The average Bonchev–Trinajstić information content (AvgIpc) is 2.59. The van der Waals surface area contributed by atoms with Gasteiger partial charge in [0, 0.05) is 6.42 Å². The smallest absolute Gasteiger partial charge is 0.306 e. The van der Waals surface area contributed by atoms with Gasteiger partial charge in [0.05, 0.1) is 6.10 Å². The van der Waals surface area contributed by atoms with E-state index in [0.717, 1.165) is 25.2 Å². The third-order valence-electron chi connectivity index (χ3n) is 5.21. The molecule has 0 saturated carbocycles. The summed E-state index contributed by atoms with van der Waals surface area (Å²) in [5.74, 6) is 0.732. The predicted octanol–water partition coefficient (Wildman–Crippen LogP) is 8.23. The Morgan fingerprint density at radius 1 is 0.654 bits per heavy atom. The van der Waals surface area contributed by atoms with E-state index in [0.29, 0.717) is 6.42 Å². The summed E-state index contributed by atoms with van der Waals surface area (Å²) < 4.78 is 5.52. The summed E-state index contributed by atoms with van der Waals surface area (Å²) in [5.41, 5.74) is 0. The lowest BCUT2D eigenvalue weighted by Gasteiger charge is -2.13. The first kappa shape index (κ1) is 25.5. The van der Waals surface area contributed by atoms with E-state index in [-0.39, 0.29) is 12.1 Å². The fraction of sp³-hybridized carbons (Fsp3) is 0.958. The van der Waals surface area contributed by atoms with Crippen molar-refractivity contribution in [2.75, 3.05) is 0 Å². The second kappa shape index (κ2) is 19.2. The van der Waals surface area contributed by atoms with Crippen molar-refractivity contribution in [3.8, 4) is 0 Å². The molecular formula is C24H48O2. The standard InChI is InChI=1S/C24H48O2/c1-5-6-7-8-9-10-11-12-13-14-15-16-20-23(4)26-24(25)21-18-17-19-22(2)3/h22-23H,5-21H2,1-4H3. The highest BCUT2D eigenvalue weighted by Crippen LogP contribution is 2.14. The maximum absolute atomic E-state index is 11.8. The van der Waals surface area contributed by atoms with Crippen LogP contribution in [-0.2, 0) is 9.53 Å². The molecule has 0 aromatic rings. The molecule has 0 bridgehead atoms. The molecule has 0 amide bonds. The predicted molar refractivity (Wildman–Crippen MR) is 115 cm³/mol. The second-order valence-corrected chi connectivity index (χ2v) is 8.62. The number of carbonyl (C=O) groups is 1. The number of hydrogen-bond acceptors (Lipinski definition) is 2. The number of ether oxygens (including phenoxy) is 1. The van der Waals surface area contributed by atoms with Crippen molar-refractivity contribution in [2.24, 2.45) is 5.92 Å². The molecule has 0 saturated heterocycles. The molecule has 0 aromatic carbocycles. The van der Waals surface area contributed by atoms with E-state index >= 15 is 0 Å². The highest BCUT2D eigenvalue weighted by atomic mass is 16.5. The second-order valence-electron chi connectivity index (χ2n) is 8.62. The van der Waals surface area contributed by atoms with Gasteiger partial charge < -0.3 is 4.74 Å². The quantitative estimate of drug-likeness (QED) is 0.169. The van der Waals surface area contributed by atoms with E-state index < -0.39 is 0 Å². The van der Waals surface area contributed by atoms with Crippen molar-refractivity contribution in [3.63, 3.8) is 0 Å². The van der Waals surface area contributed by atoms with Crippen LogP contribution in [0.4, 0.5) is 0 Å². The van der Waals surface area contributed by atoms with E-state index in [9.17, 15) is 4.79 Å². The maximum atomic E-state index is 11.8. The van der Waals surface area contributed by atoms with E-state index in [1.807, 2.05) is 6.92 Å². The van der Waals surface area contributed by atoms with Gasteiger partial charge in [0.2, 0.25) is 0 Å². The number of unbranched alkanes of at least 4 members (excludes halogenated alkanes) is 12. The first-order valence-electron chi connectivity index (χ1n) is 11.8. The van der Waals surface area contributed by atoms with Gasteiger partial charge in [0.1, 0.15) is 0 Å². The molecule has 1 unspecified atom stereocenters. The summed E-state index contributed by atoms with van der Waals surface area (Å²) >= 11 is 0. The number of esters is 1. The van der Waals surface area contributed by atoms with Crippen molar-refractivity contribution in [2.45, 2.75) is 143 Å². The Balaban J connectivity index is 3.30. The molecule has 2 heteroatoms. The first-order valence-corrected chi connectivity index (χ1v) is 11.8. The molecule has 0 aliphatic rings. The van der Waals surface area contributed by atoms with Crippen LogP contribution in [0.15, 0.2) is 0 Å². The average molecular weight is 369 g/mol. The molecule has 2 nitrogen and oxygen atoms in total. The normalized spacial score (nSPS) is 12.5. The van der Waals surface area contributed by atoms with Gasteiger partial charge in [0.15, 0.2) is 0 Å². The summed E-state index contributed by atoms with van der Waals surface area (Å²) in [6, 6.07) is 0. The van der Waals surface area contributed by atoms with Gasteiger partial charge in [-0.2, -0.15) is 0 Å². The van der Waals surface area contributed by atoms with E-state index in [1.165, 1.54) is 83.5 Å². The van der Waals surface area contributed by atoms with Crippen molar-refractivity contribution in [1.29, 1.82) is 0 Å². The largest absolute Gasteiger partial charge is 0.463 e. The number of carbonyl (C=O) groups excluding carboxylic acids is 1. The zero-order chi connectivity index (χ0) is 19.5. The molecule has 0 N–H and O–H groups in total. The van der Waals surface area contributed by atoms with Crippen LogP contribution in [0.3, 0.4) is 0 Å². The summed E-state index contributed by atoms with van der Waals surface area (Å²) in [6.07, 6.45) is 21.5. The van der Waals surface area contributed by atoms with Crippen LogP contribution in [0.25, 0.3) is 0 Å². The molecule has 0 aliphatic carbocycles. The topological polar surface area (TPSA) is 26.3 Å². The van der Waals surface area contributed by atoms with Crippen molar-refractivity contribution in [1.82, 2.24) is 0 Å². The van der Waals surface area contributed by atoms with Crippen LogP contribution < -0.4 is 0 Å². The number of rotatable bonds is 19. The molecule has 0 radical (unpaired) electrons. The van der Waals surface area contributed by atoms with Crippen molar-refractivity contribution in [3.05, 3.63) is 0 Å². The van der Waals surface area contributed by atoms with Crippen LogP contribution in [-0.4, -0.2) is 12.1 Å². The van der Waals surface area contributed by atoms with Gasteiger partial charge in [-0.3, -0.25) is 4.79 Å². The fourth-order valence-corrected chi connectivity index (χ4v) is 3.44. The number of hydrogen-bond donors (Lipinski definition) is 0. The monoisotopic (exact) mass is 368 g/mol. The summed E-state index contributed by atoms with van der Waals surface area (Å²) in [7, 11) is 0. The van der Waals surface area contributed by atoms with Gasteiger partial charge in [-0.05, 0) is 32.1 Å². The Labute approximate surface area is 164 Å². The Morgan fingerprint density at radius 2 is 1.12 bits per heavy atom. The fourth-order valence-electron chi connectivity index (χ4n) is 3.44. The molecule has 0 aromatic heterocycles. The van der Waals surface area contributed by atoms with Crippen LogP contribution in [0, 0.1) is 5.92 Å². The van der Waals surface area contributed by atoms with Gasteiger partial charge in [-0.1, -0.05) is 104 Å². The lowest BCUT2D eigenvalue weighted by molar-refractivity contribution is -0.148. The Morgan fingerprint density at radius 3 is 1.62 bits per heavy atom. The summed E-state index contributed by atoms with van der Waals surface area (Å²) in [6.45, 7) is 8.79. The van der Waals surface area contributed by atoms with E-state index in [2.05, 4.69) is 20.8 Å². The first-order chi connectivity index (χ1) is 12.6. The van der Waals surface area contributed by atoms with Crippen molar-refractivity contribution < 1.29 is 9.53 Å². The zero-order valence-electron chi connectivity index (χ0n) is 18.5. The minimum absolute atomic E-state index is 0.000179. The van der Waals surface area contributed by atoms with Gasteiger partial charge >= 0.3 is 5.97 Å². The SMILES string of the molecule is CCCCCCCCCCCCCCC(C)OC(=O)CCCCC(C)C. The molecule has 0 heterocycles. The minimum atomic E-state index is 0.000179. The Kier molecular flexibility index (Phi) is 18.8. The zero-order valence-corrected chi connectivity index (χ0v) is 18.5. The van der Waals surface area contributed by atoms with Crippen molar-refractivity contribution >= 4 is 5.97 Å². The highest BCUT2D eigenvalue weighted by Gasteiger charge is 2.09. The molecular weight excluding hydrogens is 320 g/mol. The van der Waals surface area contributed by atoms with E-state index in [4.69, 9.17) is 4.74 Å². The van der Waals surface area contributed by atoms with Crippen LogP contribution in [0.1, 0.15) is 137 Å². The maximum Gasteiger partial charge on any atom is 0.306 e. The Hall–Kier alpha value is -0.530. The van der Waals surface area contributed by atoms with Gasteiger partial charge in [0.25, 0.3) is 0 Å². The third kappa shape index (κ3) is 19.8. The summed E-state index contributed by atoms with van der Waals surface area (Å²) in [4.78, 5) is 11.8. The van der Waals surface area contributed by atoms with Crippen LogP contribution >= 0.6 is 0 Å². The lowest BCUT2D eigenvalue weighted by atomic mass is 10.0. The minimum Gasteiger partial charge on any atom is -0.463 e. The molecule has 0 spiro atoms. The molecule has 0 aliphatic heterocycles. The molecule has 26 heavy (non-hydrogen) atoms.